The predicted octanol–water partition coefficient (Wildman–Crippen LogP) is 2.27. The van der Waals surface area contributed by atoms with Crippen molar-refractivity contribution in [1.82, 2.24) is 29.8 Å². The number of carbonyl (C=O) groups is 1. The van der Waals surface area contributed by atoms with Crippen LogP contribution in [0, 0.1) is 13.8 Å². The fourth-order valence-corrected chi connectivity index (χ4v) is 3.27. The molecule has 8 nitrogen and oxygen atoms in total. The Bertz CT molecular complexity index is 943. The second kappa shape index (κ2) is 6.36. The largest absolute Gasteiger partial charge is 0.342 e. The summed E-state index contributed by atoms with van der Waals surface area (Å²) < 4.78 is 7.23. The van der Waals surface area contributed by atoms with Gasteiger partial charge in [0, 0.05) is 37.5 Å². The van der Waals surface area contributed by atoms with Crippen LogP contribution in [0.3, 0.4) is 0 Å². The monoisotopic (exact) mass is 352 g/mol. The zero-order chi connectivity index (χ0) is 18.3. The van der Waals surface area contributed by atoms with Gasteiger partial charge in [-0.2, -0.15) is 10.1 Å². The lowest BCUT2D eigenvalue weighted by atomic mass is 10.1. The van der Waals surface area contributed by atoms with Gasteiger partial charge in [0.05, 0.1) is 11.6 Å². The SMILES string of the molecule is CC(=O)N1CC[C@H](c2nc(-c3ccc(-n4nc(C)cc4C)nc3)no2)C1. The van der Waals surface area contributed by atoms with Gasteiger partial charge in [-0.15, -0.1) is 0 Å². The molecular weight excluding hydrogens is 332 g/mol. The van der Waals surface area contributed by atoms with Crippen molar-refractivity contribution in [1.29, 1.82) is 0 Å². The number of amides is 1. The van der Waals surface area contributed by atoms with Crippen molar-refractivity contribution in [3.63, 3.8) is 0 Å². The van der Waals surface area contributed by atoms with E-state index in [9.17, 15) is 4.79 Å². The fraction of sp³-hybridized carbons (Fsp3) is 0.389. The maximum atomic E-state index is 11.5. The highest BCUT2D eigenvalue weighted by molar-refractivity contribution is 5.73. The summed E-state index contributed by atoms with van der Waals surface area (Å²) in [6.45, 7) is 6.89. The Morgan fingerprint density at radius 2 is 2.15 bits per heavy atom. The lowest BCUT2D eigenvalue weighted by Gasteiger charge is -2.11. The first-order valence-corrected chi connectivity index (χ1v) is 8.60. The number of hydrogen-bond donors (Lipinski definition) is 0. The molecule has 0 aromatic carbocycles. The van der Waals surface area contributed by atoms with Crippen LogP contribution in [0.1, 0.15) is 36.5 Å². The summed E-state index contributed by atoms with van der Waals surface area (Å²) in [6, 6.07) is 5.80. The second-order valence-electron chi connectivity index (χ2n) is 6.65. The average molecular weight is 352 g/mol. The third-order valence-corrected chi connectivity index (χ3v) is 4.66. The van der Waals surface area contributed by atoms with Gasteiger partial charge in [-0.1, -0.05) is 5.16 Å². The molecule has 0 bridgehead atoms. The third-order valence-electron chi connectivity index (χ3n) is 4.66. The molecule has 1 saturated heterocycles. The number of carbonyl (C=O) groups excluding carboxylic acids is 1. The Hall–Kier alpha value is -3.03. The maximum absolute atomic E-state index is 11.5. The van der Waals surface area contributed by atoms with Gasteiger partial charge in [0.2, 0.25) is 17.6 Å². The van der Waals surface area contributed by atoms with Crippen molar-refractivity contribution >= 4 is 5.91 Å². The molecule has 1 aliphatic heterocycles. The number of hydrogen-bond acceptors (Lipinski definition) is 6. The molecule has 26 heavy (non-hydrogen) atoms. The molecule has 0 aliphatic carbocycles. The van der Waals surface area contributed by atoms with Crippen LogP contribution < -0.4 is 0 Å². The first-order valence-electron chi connectivity index (χ1n) is 8.60. The van der Waals surface area contributed by atoms with Crippen LogP contribution in [-0.4, -0.2) is 48.8 Å². The highest BCUT2D eigenvalue weighted by atomic mass is 16.5. The Labute approximate surface area is 150 Å². The van der Waals surface area contributed by atoms with Crippen LogP contribution in [0.15, 0.2) is 28.9 Å². The van der Waals surface area contributed by atoms with E-state index >= 15 is 0 Å². The topological polar surface area (TPSA) is 89.9 Å². The van der Waals surface area contributed by atoms with Gasteiger partial charge in [0.1, 0.15) is 0 Å². The minimum Gasteiger partial charge on any atom is -0.342 e. The molecule has 3 aromatic heterocycles. The molecule has 4 rings (SSSR count). The van der Waals surface area contributed by atoms with Crippen molar-refractivity contribution in [2.45, 2.75) is 33.1 Å². The van der Waals surface area contributed by atoms with Gasteiger partial charge >= 0.3 is 0 Å². The maximum Gasteiger partial charge on any atom is 0.231 e. The number of likely N-dealkylation sites (tertiary alicyclic amines) is 1. The predicted molar refractivity (Wildman–Crippen MR) is 93.7 cm³/mol. The zero-order valence-corrected chi connectivity index (χ0v) is 15.0. The molecule has 4 heterocycles. The highest BCUT2D eigenvalue weighted by Gasteiger charge is 2.29. The summed E-state index contributed by atoms with van der Waals surface area (Å²) >= 11 is 0. The van der Waals surface area contributed by atoms with E-state index in [1.807, 2.05) is 32.0 Å². The van der Waals surface area contributed by atoms with Gasteiger partial charge in [-0.3, -0.25) is 4.79 Å². The van der Waals surface area contributed by atoms with Gasteiger partial charge in [0.25, 0.3) is 0 Å². The Balaban J connectivity index is 1.53. The number of pyridine rings is 1. The van der Waals surface area contributed by atoms with Crippen LogP contribution in [0.5, 0.6) is 0 Å². The van der Waals surface area contributed by atoms with E-state index in [4.69, 9.17) is 4.52 Å². The molecule has 0 unspecified atom stereocenters. The smallest absolute Gasteiger partial charge is 0.231 e. The number of aromatic nitrogens is 5. The lowest BCUT2D eigenvalue weighted by molar-refractivity contribution is -0.127. The van der Waals surface area contributed by atoms with Crippen LogP contribution in [-0.2, 0) is 4.79 Å². The molecule has 0 spiro atoms. The molecule has 0 N–H and O–H groups in total. The first-order chi connectivity index (χ1) is 12.5. The van der Waals surface area contributed by atoms with E-state index in [1.54, 1.807) is 22.7 Å². The Morgan fingerprint density at radius 1 is 1.31 bits per heavy atom. The van der Waals surface area contributed by atoms with Crippen LogP contribution in [0.2, 0.25) is 0 Å². The lowest BCUT2D eigenvalue weighted by Crippen LogP contribution is -2.25. The van der Waals surface area contributed by atoms with Crippen molar-refractivity contribution < 1.29 is 9.32 Å². The Kier molecular flexibility index (Phi) is 4.02. The molecule has 1 amide bonds. The van der Waals surface area contributed by atoms with E-state index in [0.717, 1.165) is 35.7 Å². The van der Waals surface area contributed by atoms with E-state index in [-0.39, 0.29) is 11.8 Å². The van der Waals surface area contributed by atoms with Gasteiger partial charge in [-0.05, 0) is 38.5 Å². The molecule has 1 fully saturated rings. The quantitative estimate of drug-likeness (QED) is 0.718. The molecule has 1 atom stereocenters. The highest BCUT2D eigenvalue weighted by Crippen LogP contribution is 2.27. The molecule has 1 aliphatic rings. The van der Waals surface area contributed by atoms with Crippen molar-refractivity contribution in [2.75, 3.05) is 13.1 Å². The van der Waals surface area contributed by atoms with Gasteiger partial charge < -0.3 is 9.42 Å². The normalized spacial score (nSPS) is 17.0. The van der Waals surface area contributed by atoms with E-state index in [1.165, 1.54) is 0 Å². The summed E-state index contributed by atoms with van der Waals surface area (Å²) in [4.78, 5) is 22.2. The van der Waals surface area contributed by atoms with Crippen molar-refractivity contribution in [3.8, 4) is 17.2 Å². The molecular formula is C18H20N6O2. The average Bonchev–Trinajstić information content (AvgIpc) is 3.33. The molecule has 134 valence electrons. The number of aryl methyl sites for hydroxylation is 2. The summed E-state index contributed by atoms with van der Waals surface area (Å²) in [7, 11) is 0. The fourth-order valence-electron chi connectivity index (χ4n) is 3.27. The number of rotatable bonds is 3. The summed E-state index contributed by atoms with van der Waals surface area (Å²) in [5, 5.41) is 8.51. The summed E-state index contributed by atoms with van der Waals surface area (Å²) in [5.41, 5.74) is 2.76. The summed E-state index contributed by atoms with van der Waals surface area (Å²) in [5.74, 6) is 2.01. The molecule has 0 saturated carbocycles. The molecule has 0 radical (unpaired) electrons. The van der Waals surface area contributed by atoms with Crippen molar-refractivity contribution in [3.05, 3.63) is 41.7 Å². The number of nitrogens with zero attached hydrogens (tertiary/aromatic N) is 6. The standard InChI is InChI=1S/C18H20N6O2/c1-11-8-12(2)24(21-11)16-5-4-14(9-19-16)17-20-18(26-22-17)15-6-7-23(10-15)13(3)25/h4-5,8-9,15H,6-7,10H2,1-3H3/t15-/m0/s1. The second-order valence-corrected chi connectivity index (χ2v) is 6.65. The zero-order valence-electron chi connectivity index (χ0n) is 15.0. The van der Waals surface area contributed by atoms with Crippen LogP contribution >= 0.6 is 0 Å². The van der Waals surface area contributed by atoms with E-state index < -0.39 is 0 Å². The summed E-state index contributed by atoms with van der Waals surface area (Å²) in [6.07, 6.45) is 2.56. The van der Waals surface area contributed by atoms with E-state index in [2.05, 4.69) is 20.2 Å². The van der Waals surface area contributed by atoms with Crippen molar-refractivity contribution in [2.24, 2.45) is 0 Å². The third kappa shape index (κ3) is 2.98. The Morgan fingerprint density at radius 3 is 2.77 bits per heavy atom. The minimum atomic E-state index is 0.0798. The van der Waals surface area contributed by atoms with Crippen LogP contribution in [0.25, 0.3) is 17.2 Å². The van der Waals surface area contributed by atoms with Crippen LogP contribution in [0.4, 0.5) is 0 Å². The molecule has 3 aromatic rings. The van der Waals surface area contributed by atoms with E-state index in [0.29, 0.717) is 18.3 Å². The van der Waals surface area contributed by atoms with Gasteiger partial charge in [-0.25, -0.2) is 9.67 Å². The minimum absolute atomic E-state index is 0.0798. The molecule has 8 heteroatoms. The van der Waals surface area contributed by atoms with Gasteiger partial charge in [0.15, 0.2) is 5.82 Å². The first kappa shape index (κ1) is 16.4.